The third kappa shape index (κ3) is 5.47. The Labute approximate surface area is 263 Å². The van der Waals surface area contributed by atoms with Crippen LogP contribution < -0.4 is 14.7 Å². The molecule has 0 atom stereocenters. The first kappa shape index (κ1) is 28.5. The van der Waals surface area contributed by atoms with E-state index in [0.717, 1.165) is 54.5 Å². The summed E-state index contributed by atoms with van der Waals surface area (Å²) in [6.45, 7) is 9.67. The lowest BCUT2D eigenvalue weighted by atomic mass is 10.0. The number of benzene rings is 3. The smallest absolute Gasteiger partial charge is 0.360 e. The van der Waals surface area contributed by atoms with Gasteiger partial charge in [-0.05, 0) is 54.8 Å². The van der Waals surface area contributed by atoms with Crippen LogP contribution in [0.3, 0.4) is 0 Å². The normalized spacial score (nSPS) is 15.5. The summed E-state index contributed by atoms with van der Waals surface area (Å²) >= 11 is 0. The van der Waals surface area contributed by atoms with E-state index in [2.05, 4.69) is 58.2 Å². The first-order valence-electron chi connectivity index (χ1n) is 15.4. The lowest BCUT2D eigenvalue weighted by molar-refractivity contribution is 0.0901. The molecule has 2 N–H and O–H groups in total. The number of quaternary nitrogens is 1. The number of aromatic nitrogens is 3. The second-order valence-electron chi connectivity index (χ2n) is 12.1. The van der Waals surface area contributed by atoms with Crippen molar-refractivity contribution in [3.63, 3.8) is 0 Å². The molecule has 0 unspecified atom stereocenters. The predicted octanol–water partition coefficient (Wildman–Crippen LogP) is 7.01. The maximum atomic E-state index is 13.7. The molecule has 7 rings (SSSR count). The van der Waals surface area contributed by atoms with Crippen molar-refractivity contribution < 1.29 is 4.79 Å². The predicted molar refractivity (Wildman–Crippen MR) is 181 cm³/mol. The Morgan fingerprint density at radius 3 is 2.36 bits per heavy atom. The summed E-state index contributed by atoms with van der Waals surface area (Å²) in [6.07, 6.45) is 9.51. The molecule has 2 aliphatic rings. The van der Waals surface area contributed by atoms with E-state index in [9.17, 15) is 4.79 Å². The number of anilines is 3. The van der Waals surface area contributed by atoms with E-state index >= 15 is 0 Å². The lowest BCUT2D eigenvalue weighted by Crippen LogP contribution is -2.47. The van der Waals surface area contributed by atoms with E-state index < -0.39 is 0 Å². The monoisotopic (exact) mass is 597 g/mol. The second-order valence-corrected chi connectivity index (χ2v) is 12.1. The molecule has 1 fully saturated rings. The van der Waals surface area contributed by atoms with Gasteiger partial charge in [0.15, 0.2) is 29.6 Å². The number of nitrogens with zero attached hydrogens (tertiary/aromatic N) is 6. The second kappa shape index (κ2) is 11.3. The van der Waals surface area contributed by atoms with Crippen LogP contribution in [0.2, 0.25) is 0 Å². The fourth-order valence-electron chi connectivity index (χ4n) is 5.96. The fraction of sp³-hybridized carbons (Fsp3) is 0.222. The zero-order valence-electron chi connectivity index (χ0n) is 25.8. The quantitative estimate of drug-likeness (QED) is 0.119. The third-order valence-electron chi connectivity index (χ3n) is 8.80. The minimum atomic E-state index is 0.0259. The molecule has 1 saturated heterocycles. The number of amides is 1. The van der Waals surface area contributed by atoms with Crippen molar-refractivity contribution >= 4 is 40.3 Å². The Bertz CT molecular complexity index is 1910. The van der Waals surface area contributed by atoms with Gasteiger partial charge in [-0.15, -0.1) is 0 Å². The van der Waals surface area contributed by atoms with Gasteiger partial charge in [0.05, 0.1) is 17.1 Å². The van der Waals surface area contributed by atoms with E-state index in [1.165, 1.54) is 11.3 Å². The SMILES string of the molecule is CC(=N)N1CCN(c2ccc(Nc3nc(-c4cccc([N+]5(C(=O)c6ccc(C(C)C)cc6)C=C5)c4)cn4ccnc34)cc2)CC1. The molecule has 0 saturated carbocycles. The molecule has 3 aromatic carbocycles. The van der Waals surface area contributed by atoms with Crippen molar-refractivity contribution in [2.75, 3.05) is 36.4 Å². The first-order chi connectivity index (χ1) is 21.8. The molecule has 0 bridgehead atoms. The molecule has 9 nitrogen and oxygen atoms in total. The number of hydrogen-bond donors (Lipinski definition) is 2. The summed E-state index contributed by atoms with van der Waals surface area (Å²) in [6, 6.07) is 24.4. The van der Waals surface area contributed by atoms with Gasteiger partial charge >= 0.3 is 5.91 Å². The van der Waals surface area contributed by atoms with Crippen LogP contribution in [-0.4, -0.2) is 57.2 Å². The molecule has 45 heavy (non-hydrogen) atoms. The Kier molecular flexibility index (Phi) is 7.17. The van der Waals surface area contributed by atoms with Crippen LogP contribution >= 0.6 is 0 Å². The van der Waals surface area contributed by atoms with Crippen LogP contribution in [0.5, 0.6) is 0 Å². The highest BCUT2D eigenvalue weighted by molar-refractivity contribution is 6.07. The summed E-state index contributed by atoms with van der Waals surface area (Å²) in [5.41, 5.74) is 7.28. The average Bonchev–Trinajstić information content (AvgIpc) is 3.74. The highest BCUT2D eigenvalue weighted by Crippen LogP contribution is 2.38. The van der Waals surface area contributed by atoms with E-state index in [0.29, 0.717) is 23.1 Å². The molecular weight excluding hydrogens is 560 g/mol. The molecule has 5 aromatic rings. The molecule has 1 amide bonds. The van der Waals surface area contributed by atoms with Gasteiger partial charge in [0, 0.05) is 73.8 Å². The highest BCUT2D eigenvalue weighted by atomic mass is 16.2. The van der Waals surface area contributed by atoms with E-state index in [-0.39, 0.29) is 10.4 Å². The Hall–Kier alpha value is -5.28. The highest BCUT2D eigenvalue weighted by Gasteiger charge is 2.46. The number of imidazole rings is 1. The van der Waals surface area contributed by atoms with E-state index in [4.69, 9.17) is 10.4 Å². The minimum absolute atomic E-state index is 0.0259. The van der Waals surface area contributed by atoms with E-state index in [1.807, 2.05) is 84.6 Å². The van der Waals surface area contributed by atoms with Gasteiger partial charge in [0.25, 0.3) is 0 Å². The van der Waals surface area contributed by atoms with Crippen molar-refractivity contribution in [1.29, 1.82) is 5.41 Å². The van der Waals surface area contributed by atoms with Gasteiger partial charge in [-0.3, -0.25) is 5.41 Å². The van der Waals surface area contributed by atoms with Crippen LogP contribution in [0.25, 0.3) is 16.9 Å². The molecule has 0 spiro atoms. The molecule has 0 aliphatic carbocycles. The van der Waals surface area contributed by atoms with Crippen molar-refractivity contribution in [1.82, 2.24) is 23.8 Å². The standard InChI is InChI=1S/C36H37N8O/c1-25(2)27-7-9-28(10-8-27)36(45)44(21-22-44)32-6-4-5-29(23-32)33-24-43-16-15-38-35(43)34(40-33)39-30-11-13-31(14-12-30)42-19-17-41(18-20-42)26(3)37/h4-16,21-25,37H,17-20H2,1-3H3,(H,39,40)/q+1. The number of carbonyl (C=O) groups is 1. The van der Waals surface area contributed by atoms with Gasteiger partial charge in [-0.25, -0.2) is 14.8 Å². The topological polar surface area (TPSA) is 89.6 Å². The summed E-state index contributed by atoms with van der Waals surface area (Å²) < 4.78 is 2.05. The number of rotatable bonds is 7. The van der Waals surface area contributed by atoms with Crippen LogP contribution in [-0.2, 0) is 0 Å². The first-order valence-corrected chi connectivity index (χ1v) is 15.4. The third-order valence-corrected chi connectivity index (χ3v) is 8.80. The minimum Gasteiger partial charge on any atom is -0.368 e. The molecule has 226 valence electrons. The number of hydrogen-bond acceptors (Lipinski definition) is 6. The van der Waals surface area contributed by atoms with Gasteiger partial charge in [-0.1, -0.05) is 38.1 Å². The Morgan fingerprint density at radius 1 is 0.956 bits per heavy atom. The summed E-state index contributed by atoms with van der Waals surface area (Å²) in [5, 5.41) is 11.4. The van der Waals surface area contributed by atoms with Crippen LogP contribution in [0.4, 0.5) is 22.9 Å². The summed E-state index contributed by atoms with van der Waals surface area (Å²) in [7, 11) is 0. The Balaban J connectivity index is 1.13. The summed E-state index contributed by atoms with van der Waals surface area (Å²) in [4.78, 5) is 27.7. The number of nitrogens with one attached hydrogen (secondary N) is 2. The Morgan fingerprint density at radius 2 is 1.69 bits per heavy atom. The fourth-order valence-corrected chi connectivity index (χ4v) is 5.96. The molecule has 2 aliphatic heterocycles. The molecule has 4 heterocycles. The van der Waals surface area contributed by atoms with Gasteiger partial charge < -0.3 is 19.5 Å². The van der Waals surface area contributed by atoms with Gasteiger partial charge in [-0.2, -0.15) is 4.48 Å². The van der Waals surface area contributed by atoms with Crippen molar-refractivity contribution in [3.05, 3.63) is 115 Å². The number of carbonyl (C=O) groups excluding carboxylic acids is 1. The van der Waals surface area contributed by atoms with Crippen molar-refractivity contribution in [3.8, 4) is 11.3 Å². The molecule has 2 aromatic heterocycles. The number of amidine groups is 1. The van der Waals surface area contributed by atoms with Crippen molar-refractivity contribution in [2.24, 2.45) is 0 Å². The zero-order valence-corrected chi connectivity index (χ0v) is 25.8. The number of fused-ring (bicyclic) bond motifs is 1. The maximum Gasteiger partial charge on any atom is 0.360 e. The van der Waals surface area contributed by atoms with Crippen LogP contribution in [0, 0.1) is 5.41 Å². The molecule has 0 radical (unpaired) electrons. The maximum absolute atomic E-state index is 13.7. The van der Waals surface area contributed by atoms with Crippen LogP contribution in [0.1, 0.15) is 42.6 Å². The lowest BCUT2D eigenvalue weighted by Gasteiger charge is -2.36. The summed E-state index contributed by atoms with van der Waals surface area (Å²) in [5.74, 6) is 1.72. The number of piperazine rings is 1. The van der Waals surface area contributed by atoms with E-state index in [1.54, 1.807) is 6.20 Å². The average molecular weight is 598 g/mol. The van der Waals surface area contributed by atoms with Gasteiger partial charge in [0.2, 0.25) is 0 Å². The largest absolute Gasteiger partial charge is 0.368 e. The van der Waals surface area contributed by atoms with Crippen molar-refractivity contribution in [2.45, 2.75) is 26.7 Å². The molecule has 9 heteroatoms. The van der Waals surface area contributed by atoms with Crippen LogP contribution in [0.15, 0.2) is 104 Å². The van der Waals surface area contributed by atoms with Gasteiger partial charge in [0.1, 0.15) is 0 Å². The zero-order chi connectivity index (χ0) is 31.1. The molecular formula is C36H37N8O+.